The molecule has 2 aromatic rings. The minimum atomic E-state index is -0.768. The van der Waals surface area contributed by atoms with Gasteiger partial charge in [-0.15, -0.1) is 0 Å². The summed E-state index contributed by atoms with van der Waals surface area (Å²) in [4.78, 5) is 9.89. The molecule has 0 spiro atoms. The van der Waals surface area contributed by atoms with Crippen LogP contribution in [0.15, 0.2) is 23.6 Å². The topological polar surface area (TPSA) is 130 Å². The Morgan fingerprint density at radius 1 is 1.47 bits per heavy atom. The molecular formula is C9H7N5O4S. The van der Waals surface area contributed by atoms with Crippen LogP contribution in [-0.2, 0) is 0 Å². The number of aromatic hydroxyl groups is 2. The number of H-pyrrole nitrogens is 1. The molecular weight excluding hydrogens is 274 g/mol. The van der Waals surface area contributed by atoms with E-state index in [2.05, 4.69) is 15.3 Å². The van der Waals surface area contributed by atoms with E-state index in [-0.39, 0.29) is 16.1 Å². The Morgan fingerprint density at radius 2 is 2.21 bits per heavy atom. The van der Waals surface area contributed by atoms with E-state index in [1.54, 1.807) is 0 Å². The molecule has 0 fully saturated rings. The number of rotatable bonds is 3. The standard InChI is InChI=1S/C9H7N5O4S/c15-7-2-8(16)6(14(17)18)1-5(7)3-11-13-4-10-12-9(13)19/h1-4,15-16H,(H,12,19)/b11-3-. The van der Waals surface area contributed by atoms with E-state index in [1.807, 2.05) is 0 Å². The van der Waals surface area contributed by atoms with Gasteiger partial charge in [-0.1, -0.05) is 0 Å². The molecule has 0 atom stereocenters. The summed E-state index contributed by atoms with van der Waals surface area (Å²) in [7, 11) is 0. The van der Waals surface area contributed by atoms with Crippen molar-refractivity contribution in [2.75, 3.05) is 0 Å². The zero-order valence-electron chi connectivity index (χ0n) is 9.22. The summed E-state index contributed by atoms with van der Waals surface area (Å²) in [6.07, 6.45) is 2.46. The van der Waals surface area contributed by atoms with E-state index in [0.717, 1.165) is 18.3 Å². The van der Waals surface area contributed by atoms with E-state index < -0.39 is 16.4 Å². The van der Waals surface area contributed by atoms with Crippen molar-refractivity contribution in [2.24, 2.45) is 5.10 Å². The normalized spacial score (nSPS) is 10.9. The number of phenolic OH excluding ortho intramolecular Hbond substituents is 2. The van der Waals surface area contributed by atoms with Crippen molar-refractivity contribution in [1.29, 1.82) is 0 Å². The Morgan fingerprint density at radius 3 is 2.79 bits per heavy atom. The molecule has 98 valence electrons. The molecule has 1 heterocycles. The van der Waals surface area contributed by atoms with Crippen LogP contribution in [0.4, 0.5) is 5.69 Å². The second-order valence-electron chi connectivity index (χ2n) is 3.41. The number of benzene rings is 1. The molecule has 0 saturated carbocycles. The van der Waals surface area contributed by atoms with E-state index in [1.165, 1.54) is 11.0 Å². The van der Waals surface area contributed by atoms with Gasteiger partial charge in [-0.25, -0.2) is 0 Å². The van der Waals surface area contributed by atoms with Gasteiger partial charge in [0, 0.05) is 17.7 Å². The number of aromatic nitrogens is 3. The first kappa shape index (κ1) is 12.7. The van der Waals surface area contributed by atoms with Crippen molar-refractivity contribution >= 4 is 24.1 Å². The third kappa shape index (κ3) is 2.57. The van der Waals surface area contributed by atoms with Crippen LogP contribution in [0.25, 0.3) is 0 Å². The van der Waals surface area contributed by atoms with E-state index in [4.69, 9.17) is 12.2 Å². The number of nitrogens with zero attached hydrogens (tertiary/aromatic N) is 4. The third-order valence-electron chi connectivity index (χ3n) is 2.18. The second-order valence-corrected chi connectivity index (χ2v) is 3.79. The predicted molar refractivity (Wildman–Crippen MR) is 66.8 cm³/mol. The van der Waals surface area contributed by atoms with Gasteiger partial charge in [0.15, 0.2) is 5.75 Å². The second kappa shape index (κ2) is 4.86. The molecule has 3 N–H and O–H groups in total. The maximum absolute atomic E-state index is 10.7. The third-order valence-corrected chi connectivity index (χ3v) is 2.46. The van der Waals surface area contributed by atoms with Crippen molar-refractivity contribution in [3.63, 3.8) is 0 Å². The summed E-state index contributed by atoms with van der Waals surface area (Å²) >= 11 is 4.84. The first-order valence-electron chi connectivity index (χ1n) is 4.86. The van der Waals surface area contributed by atoms with Crippen molar-refractivity contribution in [3.05, 3.63) is 38.9 Å². The Hall–Kier alpha value is -2.75. The molecule has 0 bridgehead atoms. The highest BCUT2D eigenvalue weighted by molar-refractivity contribution is 7.71. The van der Waals surface area contributed by atoms with Gasteiger partial charge in [0.05, 0.1) is 11.1 Å². The largest absolute Gasteiger partial charge is 0.507 e. The van der Waals surface area contributed by atoms with Gasteiger partial charge in [-0.2, -0.15) is 14.9 Å². The van der Waals surface area contributed by atoms with Crippen LogP contribution in [0.5, 0.6) is 11.5 Å². The van der Waals surface area contributed by atoms with Crippen LogP contribution >= 0.6 is 12.2 Å². The van der Waals surface area contributed by atoms with E-state index >= 15 is 0 Å². The highest BCUT2D eigenvalue weighted by Gasteiger charge is 2.16. The Bertz CT molecular complexity index is 720. The smallest absolute Gasteiger partial charge is 0.311 e. The molecule has 0 unspecified atom stereocenters. The summed E-state index contributed by atoms with van der Waals surface area (Å²) < 4.78 is 1.43. The minimum absolute atomic E-state index is 0.0626. The molecule has 19 heavy (non-hydrogen) atoms. The monoisotopic (exact) mass is 281 g/mol. The molecule has 1 aromatic heterocycles. The SMILES string of the molecule is O=[N+]([O-])c1cc(/C=N\n2cn[nH]c2=S)c(O)cc1O. The molecule has 0 aliphatic carbocycles. The van der Waals surface area contributed by atoms with E-state index in [9.17, 15) is 20.3 Å². The van der Waals surface area contributed by atoms with Gasteiger partial charge in [0.1, 0.15) is 12.1 Å². The van der Waals surface area contributed by atoms with Crippen molar-refractivity contribution < 1.29 is 15.1 Å². The Balaban J connectivity index is 2.43. The highest BCUT2D eigenvalue weighted by atomic mass is 32.1. The first-order chi connectivity index (χ1) is 8.99. The minimum Gasteiger partial charge on any atom is -0.507 e. The van der Waals surface area contributed by atoms with Gasteiger partial charge in [-0.05, 0) is 12.2 Å². The fourth-order valence-corrected chi connectivity index (χ4v) is 1.43. The summed E-state index contributed by atoms with van der Waals surface area (Å²) in [5, 5.41) is 39.5. The molecule has 1 aromatic carbocycles. The van der Waals surface area contributed by atoms with Gasteiger partial charge >= 0.3 is 5.69 Å². The van der Waals surface area contributed by atoms with Gasteiger partial charge in [-0.3, -0.25) is 15.2 Å². The van der Waals surface area contributed by atoms with Gasteiger partial charge in [0.2, 0.25) is 4.77 Å². The zero-order valence-corrected chi connectivity index (χ0v) is 10.0. The lowest BCUT2D eigenvalue weighted by atomic mass is 10.2. The highest BCUT2D eigenvalue weighted by Crippen LogP contribution is 2.31. The van der Waals surface area contributed by atoms with Crippen LogP contribution in [0, 0.1) is 14.9 Å². The van der Waals surface area contributed by atoms with Crippen molar-refractivity contribution in [3.8, 4) is 11.5 Å². The predicted octanol–water partition coefficient (Wildman–Crippen LogP) is 1.14. The Kier molecular flexibility index (Phi) is 3.25. The zero-order chi connectivity index (χ0) is 14.0. The molecule has 9 nitrogen and oxygen atoms in total. The van der Waals surface area contributed by atoms with Crippen molar-refractivity contribution in [1.82, 2.24) is 14.9 Å². The van der Waals surface area contributed by atoms with Gasteiger partial charge < -0.3 is 10.2 Å². The van der Waals surface area contributed by atoms with Gasteiger partial charge in [0.25, 0.3) is 0 Å². The summed E-state index contributed by atoms with van der Waals surface area (Å²) in [6.45, 7) is 0. The summed E-state index contributed by atoms with van der Waals surface area (Å²) in [5.74, 6) is -0.971. The van der Waals surface area contributed by atoms with Crippen LogP contribution in [0.2, 0.25) is 0 Å². The summed E-state index contributed by atoms with van der Waals surface area (Å²) in [6, 6.07) is 1.87. The number of nitro groups is 1. The molecule has 2 rings (SSSR count). The number of hydrogen-bond acceptors (Lipinski definition) is 7. The average molecular weight is 281 g/mol. The van der Waals surface area contributed by atoms with E-state index in [0.29, 0.717) is 0 Å². The van der Waals surface area contributed by atoms with Crippen LogP contribution in [0.1, 0.15) is 5.56 Å². The Labute approximate surface area is 110 Å². The fraction of sp³-hybridized carbons (Fsp3) is 0. The number of hydrogen-bond donors (Lipinski definition) is 3. The van der Waals surface area contributed by atoms with Crippen LogP contribution in [0.3, 0.4) is 0 Å². The average Bonchev–Trinajstić information content (AvgIpc) is 2.73. The van der Waals surface area contributed by atoms with Crippen LogP contribution in [-0.4, -0.2) is 36.2 Å². The van der Waals surface area contributed by atoms with Crippen LogP contribution < -0.4 is 0 Å². The summed E-state index contributed by atoms with van der Waals surface area (Å²) in [5.41, 5.74) is -0.470. The lowest BCUT2D eigenvalue weighted by Gasteiger charge is -2.01. The molecule has 0 radical (unpaired) electrons. The lowest BCUT2D eigenvalue weighted by molar-refractivity contribution is -0.385. The molecule has 0 aliphatic rings. The maximum Gasteiger partial charge on any atom is 0.311 e. The molecule has 0 aliphatic heterocycles. The number of nitrogens with one attached hydrogen (secondary N) is 1. The number of phenols is 2. The first-order valence-corrected chi connectivity index (χ1v) is 5.26. The maximum atomic E-state index is 10.7. The quantitative estimate of drug-likeness (QED) is 0.335. The molecule has 10 heteroatoms. The molecule has 0 saturated heterocycles. The van der Waals surface area contributed by atoms with Crippen molar-refractivity contribution in [2.45, 2.75) is 0 Å². The number of nitro benzene ring substituents is 1. The number of aromatic amines is 1. The molecule has 0 amide bonds. The fourth-order valence-electron chi connectivity index (χ4n) is 1.28. The lowest BCUT2D eigenvalue weighted by Crippen LogP contribution is -1.93.